The third-order valence-electron chi connectivity index (χ3n) is 2.56. The van der Waals surface area contributed by atoms with Crippen molar-refractivity contribution in [2.24, 2.45) is 0 Å². The number of nitrogens with zero attached hydrogens (tertiary/aromatic N) is 1. The summed E-state index contributed by atoms with van der Waals surface area (Å²) >= 11 is 0. The summed E-state index contributed by atoms with van der Waals surface area (Å²) in [6.07, 6.45) is 0. The molecule has 0 aliphatic rings. The average Bonchev–Trinajstić information content (AvgIpc) is 2.48. The summed E-state index contributed by atoms with van der Waals surface area (Å²) in [6.45, 7) is 0. The van der Waals surface area contributed by atoms with E-state index in [-0.39, 0.29) is 5.69 Å². The van der Waals surface area contributed by atoms with Crippen molar-refractivity contribution in [3.63, 3.8) is 0 Å². The second-order valence-electron chi connectivity index (χ2n) is 3.87. The number of ether oxygens (including phenoxy) is 2. The van der Waals surface area contributed by atoms with E-state index in [9.17, 15) is 14.9 Å². The minimum atomic E-state index is -0.477. The molecular weight excluding hydrogens is 262 g/mol. The molecule has 102 valence electrons. The van der Waals surface area contributed by atoms with Crippen molar-refractivity contribution in [2.75, 3.05) is 7.11 Å². The quantitative estimate of drug-likeness (QED) is 0.485. The van der Waals surface area contributed by atoms with Crippen molar-refractivity contribution in [3.05, 3.63) is 64.2 Å². The predicted molar refractivity (Wildman–Crippen MR) is 71.0 cm³/mol. The number of carbonyl (C=O) groups excluding carboxylic acids is 1. The fraction of sp³-hybridized carbons (Fsp3) is 0.0714. The number of nitro benzene ring substituents is 1. The summed E-state index contributed by atoms with van der Waals surface area (Å²) in [4.78, 5) is 21.3. The van der Waals surface area contributed by atoms with Gasteiger partial charge in [-0.2, -0.15) is 0 Å². The van der Waals surface area contributed by atoms with Gasteiger partial charge in [-0.3, -0.25) is 10.1 Å². The number of methoxy groups -OCH3 is 1. The van der Waals surface area contributed by atoms with E-state index in [2.05, 4.69) is 4.74 Å². The van der Waals surface area contributed by atoms with E-state index in [1.807, 2.05) is 0 Å². The molecule has 0 aliphatic heterocycles. The molecule has 0 spiro atoms. The molecule has 0 N–H and O–H groups in total. The van der Waals surface area contributed by atoms with Gasteiger partial charge in [-0.15, -0.1) is 0 Å². The normalized spacial score (nSPS) is 9.85. The van der Waals surface area contributed by atoms with Gasteiger partial charge in [0.2, 0.25) is 0 Å². The lowest BCUT2D eigenvalue weighted by atomic mass is 10.2. The molecule has 0 atom stereocenters. The van der Waals surface area contributed by atoms with Crippen LogP contribution in [0.3, 0.4) is 0 Å². The van der Waals surface area contributed by atoms with E-state index in [1.165, 1.54) is 31.4 Å². The van der Waals surface area contributed by atoms with Crippen LogP contribution in [0.2, 0.25) is 0 Å². The minimum absolute atomic E-state index is 0.00149. The molecule has 6 nitrogen and oxygen atoms in total. The highest BCUT2D eigenvalue weighted by molar-refractivity contribution is 5.89. The van der Waals surface area contributed by atoms with Crippen LogP contribution in [0, 0.1) is 10.1 Å². The predicted octanol–water partition coefficient (Wildman–Crippen LogP) is 3.17. The summed E-state index contributed by atoms with van der Waals surface area (Å²) < 4.78 is 10.1. The number of hydrogen-bond donors (Lipinski definition) is 0. The molecule has 6 heteroatoms. The Morgan fingerprint density at radius 2 is 1.50 bits per heavy atom. The highest BCUT2D eigenvalue weighted by Crippen LogP contribution is 2.24. The fourth-order valence-electron chi connectivity index (χ4n) is 1.55. The second kappa shape index (κ2) is 5.83. The maximum atomic E-state index is 11.3. The van der Waals surface area contributed by atoms with Gasteiger partial charge in [0, 0.05) is 12.1 Å². The molecule has 0 saturated carbocycles. The minimum Gasteiger partial charge on any atom is -0.465 e. The number of carbonyl (C=O) groups is 1. The van der Waals surface area contributed by atoms with Crippen molar-refractivity contribution in [1.82, 2.24) is 0 Å². The van der Waals surface area contributed by atoms with Crippen molar-refractivity contribution in [3.8, 4) is 11.5 Å². The summed E-state index contributed by atoms with van der Waals surface area (Å²) in [5, 5.41) is 10.5. The Labute approximate surface area is 114 Å². The average molecular weight is 273 g/mol. The number of hydrogen-bond acceptors (Lipinski definition) is 5. The first-order chi connectivity index (χ1) is 9.60. The summed E-state index contributed by atoms with van der Waals surface area (Å²) in [7, 11) is 1.31. The van der Waals surface area contributed by atoms with Gasteiger partial charge >= 0.3 is 5.97 Å². The van der Waals surface area contributed by atoms with Crippen LogP contribution in [-0.4, -0.2) is 18.0 Å². The molecule has 0 heterocycles. The van der Waals surface area contributed by atoms with Gasteiger partial charge in [0.25, 0.3) is 5.69 Å². The number of benzene rings is 2. The SMILES string of the molecule is COC(=O)c1ccc(Oc2ccc([N+](=O)[O-])cc2)cc1. The van der Waals surface area contributed by atoms with Crippen molar-refractivity contribution >= 4 is 11.7 Å². The van der Waals surface area contributed by atoms with Crippen molar-refractivity contribution in [2.45, 2.75) is 0 Å². The van der Waals surface area contributed by atoms with Crippen LogP contribution >= 0.6 is 0 Å². The Balaban J connectivity index is 2.10. The van der Waals surface area contributed by atoms with Gasteiger partial charge < -0.3 is 9.47 Å². The largest absolute Gasteiger partial charge is 0.465 e. The van der Waals surface area contributed by atoms with Crippen LogP contribution in [0.4, 0.5) is 5.69 Å². The van der Waals surface area contributed by atoms with E-state index in [0.29, 0.717) is 17.1 Å². The molecule has 0 fully saturated rings. The molecule has 0 aromatic heterocycles. The van der Waals surface area contributed by atoms with E-state index < -0.39 is 10.9 Å². The van der Waals surface area contributed by atoms with Gasteiger partial charge in [-0.25, -0.2) is 4.79 Å². The highest BCUT2D eigenvalue weighted by Gasteiger charge is 2.07. The van der Waals surface area contributed by atoms with Crippen molar-refractivity contribution < 1.29 is 19.2 Å². The fourth-order valence-corrected chi connectivity index (χ4v) is 1.55. The maximum absolute atomic E-state index is 11.3. The lowest BCUT2D eigenvalue weighted by molar-refractivity contribution is -0.384. The lowest BCUT2D eigenvalue weighted by Gasteiger charge is -2.06. The molecule has 0 amide bonds. The first kappa shape index (κ1) is 13.5. The van der Waals surface area contributed by atoms with Crippen LogP contribution in [0.5, 0.6) is 11.5 Å². The zero-order chi connectivity index (χ0) is 14.5. The molecule has 0 bridgehead atoms. The highest BCUT2D eigenvalue weighted by atomic mass is 16.6. The summed E-state index contributed by atoms with van der Waals surface area (Å²) in [6, 6.07) is 12.1. The summed E-state index contributed by atoms with van der Waals surface area (Å²) in [5.74, 6) is 0.569. The molecule has 0 unspecified atom stereocenters. The van der Waals surface area contributed by atoms with Crippen LogP contribution < -0.4 is 4.74 Å². The maximum Gasteiger partial charge on any atom is 0.337 e. The smallest absolute Gasteiger partial charge is 0.337 e. The standard InChI is InChI=1S/C14H11NO5/c1-19-14(16)10-2-6-12(7-3-10)20-13-8-4-11(5-9-13)15(17)18/h2-9H,1H3. The molecule has 0 saturated heterocycles. The molecule has 2 aromatic carbocycles. The van der Waals surface area contributed by atoms with E-state index in [1.54, 1.807) is 24.3 Å². The van der Waals surface area contributed by atoms with Crippen LogP contribution in [0.25, 0.3) is 0 Å². The third kappa shape index (κ3) is 3.11. The Bertz CT molecular complexity index is 619. The topological polar surface area (TPSA) is 78.7 Å². The van der Waals surface area contributed by atoms with Gasteiger partial charge in [0.15, 0.2) is 0 Å². The monoisotopic (exact) mass is 273 g/mol. The zero-order valence-electron chi connectivity index (χ0n) is 10.6. The Hall–Kier alpha value is -2.89. The van der Waals surface area contributed by atoms with Crippen LogP contribution in [0.15, 0.2) is 48.5 Å². The molecule has 0 aliphatic carbocycles. The van der Waals surface area contributed by atoms with Gasteiger partial charge in [0.1, 0.15) is 11.5 Å². The third-order valence-corrected chi connectivity index (χ3v) is 2.56. The Morgan fingerprint density at radius 1 is 1.00 bits per heavy atom. The molecule has 2 aromatic rings. The molecule has 2 rings (SSSR count). The first-order valence-corrected chi connectivity index (χ1v) is 5.71. The molecular formula is C14H11NO5. The number of nitro groups is 1. The first-order valence-electron chi connectivity index (χ1n) is 5.71. The Kier molecular flexibility index (Phi) is 3.95. The van der Waals surface area contributed by atoms with Gasteiger partial charge in [-0.05, 0) is 36.4 Å². The summed E-state index contributed by atoms with van der Waals surface area (Å²) in [5.41, 5.74) is 0.418. The van der Waals surface area contributed by atoms with E-state index in [0.717, 1.165) is 0 Å². The van der Waals surface area contributed by atoms with Gasteiger partial charge in [-0.1, -0.05) is 0 Å². The van der Waals surface area contributed by atoms with E-state index in [4.69, 9.17) is 4.74 Å². The van der Waals surface area contributed by atoms with Crippen LogP contribution in [-0.2, 0) is 4.74 Å². The lowest BCUT2D eigenvalue weighted by Crippen LogP contribution is -2.00. The number of rotatable bonds is 4. The van der Waals surface area contributed by atoms with Crippen molar-refractivity contribution in [1.29, 1.82) is 0 Å². The Morgan fingerprint density at radius 3 is 1.95 bits per heavy atom. The number of esters is 1. The molecule has 20 heavy (non-hydrogen) atoms. The van der Waals surface area contributed by atoms with Crippen LogP contribution in [0.1, 0.15) is 10.4 Å². The number of non-ortho nitro benzene ring substituents is 1. The van der Waals surface area contributed by atoms with Gasteiger partial charge in [0.05, 0.1) is 17.6 Å². The van der Waals surface area contributed by atoms with E-state index >= 15 is 0 Å². The zero-order valence-corrected chi connectivity index (χ0v) is 10.6. The second-order valence-corrected chi connectivity index (χ2v) is 3.87. The molecule has 0 radical (unpaired) electrons.